The number of aliphatic hydroxyl groups is 1. The average Bonchev–Trinajstić information content (AvgIpc) is 2.95. The van der Waals surface area contributed by atoms with Crippen LogP contribution in [0.25, 0.3) is 0 Å². The van der Waals surface area contributed by atoms with Crippen LogP contribution in [0.4, 0.5) is 0 Å². The summed E-state index contributed by atoms with van der Waals surface area (Å²) < 4.78 is 0.854. The molecule has 0 atom stereocenters. The molecule has 1 aromatic rings. The van der Waals surface area contributed by atoms with Crippen LogP contribution in [-0.4, -0.2) is 16.6 Å². The first-order valence-corrected chi connectivity index (χ1v) is 7.77. The van der Waals surface area contributed by atoms with Gasteiger partial charge in [0, 0.05) is 23.8 Å². The maximum absolute atomic E-state index is 12.6. The molecule has 0 amide bonds. The third-order valence-electron chi connectivity index (χ3n) is 2.99. The molecule has 0 saturated heterocycles. The molecule has 0 fully saturated rings. The van der Waals surface area contributed by atoms with Crippen molar-refractivity contribution in [2.45, 2.75) is 13.3 Å². The first-order valence-electron chi connectivity index (χ1n) is 5.78. The van der Waals surface area contributed by atoms with E-state index in [0.717, 1.165) is 3.79 Å². The Kier molecular flexibility index (Phi) is 3.44. The zero-order valence-electron chi connectivity index (χ0n) is 10.3. The van der Waals surface area contributed by atoms with Gasteiger partial charge in [0.05, 0.1) is 25.0 Å². The minimum atomic E-state index is -0.263. The van der Waals surface area contributed by atoms with E-state index in [1.165, 1.54) is 11.3 Å². The van der Waals surface area contributed by atoms with Crippen molar-refractivity contribution in [3.63, 3.8) is 0 Å². The fourth-order valence-electron chi connectivity index (χ4n) is 2.14. The van der Waals surface area contributed by atoms with Crippen molar-refractivity contribution in [1.29, 1.82) is 0 Å². The number of nitrogens with zero attached hydrogens (tertiary/aromatic N) is 1. The van der Waals surface area contributed by atoms with E-state index in [1.54, 1.807) is 19.1 Å². The van der Waals surface area contributed by atoms with Gasteiger partial charge in [-0.25, -0.2) is 0 Å². The summed E-state index contributed by atoms with van der Waals surface area (Å²) in [7, 11) is 0. The molecule has 3 nitrogen and oxygen atoms in total. The Labute approximate surface area is 133 Å². The highest BCUT2D eigenvalue weighted by Gasteiger charge is 2.32. The molecular formula is C14H8BrClNO2S. The molecule has 6 heteroatoms. The lowest BCUT2D eigenvalue weighted by Gasteiger charge is -2.16. The van der Waals surface area contributed by atoms with E-state index in [4.69, 9.17) is 11.6 Å². The first-order chi connectivity index (χ1) is 9.47. The third kappa shape index (κ3) is 2.20. The maximum Gasteiger partial charge on any atom is 0.207 e. The monoisotopic (exact) mass is 368 g/mol. The highest BCUT2D eigenvalue weighted by atomic mass is 79.9. The number of Topliss-reactive ketones (excluding diaryl/α,β-unsaturated/α-hetero) is 1. The number of hydrogen-bond donors (Lipinski definition) is 1. The molecule has 1 N–H and O–H groups in total. The van der Waals surface area contributed by atoms with Crippen molar-refractivity contribution in [2.75, 3.05) is 0 Å². The van der Waals surface area contributed by atoms with Crippen LogP contribution in [0.2, 0.25) is 0 Å². The summed E-state index contributed by atoms with van der Waals surface area (Å²) >= 11 is 10.7. The summed E-state index contributed by atoms with van der Waals surface area (Å²) in [6, 6.07) is 3.51. The Morgan fingerprint density at radius 1 is 1.55 bits per heavy atom. The molecule has 20 heavy (non-hydrogen) atoms. The van der Waals surface area contributed by atoms with E-state index in [1.807, 2.05) is 0 Å². The summed E-state index contributed by atoms with van der Waals surface area (Å²) in [6.45, 7) is 1.80. The lowest BCUT2D eigenvalue weighted by molar-refractivity contribution is 0.103. The van der Waals surface area contributed by atoms with Crippen LogP contribution in [0.3, 0.4) is 0 Å². The lowest BCUT2D eigenvalue weighted by atomic mass is 9.91. The van der Waals surface area contributed by atoms with E-state index < -0.39 is 0 Å². The molecule has 0 bridgehead atoms. The lowest BCUT2D eigenvalue weighted by Crippen LogP contribution is -2.17. The van der Waals surface area contributed by atoms with Gasteiger partial charge in [-0.05, 0) is 35.0 Å². The number of allylic oxidation sites excluding steroid dienone is 5. The van der Waals surface area contributed by atoms with E-state index in [0.29, 0.717) is 28.3 Å². The van der Waals surface area contributed by atoms with Gasteiger partial charge in [-0.1, -0.05) is 11.6 Å². The number of aliphatic hydroxyl groups excluding tert-OH is 1. The fraction of sp³-hybridized carbons (Fsp3) is 0.143. The van der Waals surface area contributed by atoms with Crippen molar-refractivity contribution in [2.24, 2.45) is 4.99 Å². The maximum atomic E-state index is 12.6. The molecule has 1 aliphatic carbocycles. The van der Waals surface area contributed by atoms with Crippen LogP contribution in [0, 0.1) is 6.08 Å². The number of hydrogen-bond acceptors (Lipinski definition) is 4. The zero-order valence-corrected chi connectivity index (χ0v) is 13.5. The molecular weight excluding hydrogens is 362 g/mol. The Morgan fingerprint density at radius 2 is 2.30 bits per heavy atom. The molecule has 0 spiro atoms. The van der Waals surface area contributed by atoms with Gasteiger partial charge < -0.3 is 5.11 Å². The van der Waals surface area contributed by atoms with Gasteiger partial charge in [0.15, 0.2) is 0 Å². The molecule has 1 radical (unpaired) electrons. The van der Waals surface area contributed by atoms with Gasteiger partial charge in [-0.15, -0.1) is 11.3 Å². The Bertz CT molecular complexity index is 755. The van der Waals surface area contributed by atoms with Crippen LogP contribution >= 0.6 is 38.9 Å². The minimum Gasteiger partial charge on any atom is -0.506 e. The van der Waals surface area contributed by atoms with Gasteiger partial charge in [0.25, 0.3) is 0 Å². The Balaban J connectivity index is 2.16. The average molecular weight is 370 g/mol. The number of fused-ring (bicyclic) bond motifs is 1. The highest BCUT2D eigenvalue weighted by molar-refractivity contribution is 9.11. The van der Waals surface area contributed by atoms with Crippen molar-refractivity contribution in [1.82, 2.24) is 0 Å². The van der Waals surface area contributed by atoms with E-state index >= 15 is 0 Å². The van der Waals surface area contributed by atoms with Gasteiger partial charge in [-0.3, -0.25) is 9.79 Å². The quantitative estimate of drug-likeness (QED) is 0.777. The van der Waals surface area contributed by atoms with Gasteiger partial charge >= 0.3 is 0 Å². The topological polar surface area (TPSA) is 49.7 Å². The number of carbonyl (C=O) groups excluding carboxylic acids is 1. The predicted molar refractivity (Wildman–Crippen MR) is 83.4 cm³/mol. The summed E-state index contributed by atoms with van der Waals surface area (Å²) in [4.78, 5) is 17.4. The Hall–Kier alpha value is -1.17. The molecule has 101 valence electrons. The standard InChI is InChI=1S/C14H8BrClNO2S/c1-6-4-7-9(17-6)5-8(16)13(18)12(7)14(19)10-2-3-11(15)20-10/h2-3,18H,5H2,1H3. The van der Waals surface area contributed by atoms with Crippen molar-refractivity contribution < 1.29 is 9.90 Å². The van der Waals surface area contributed by atoms with E-state index in [9.17, 15) is 9.90 Å². The smallest absolute Gasteiger partial charge is 0.207 e. The summed E-state index contributed by atoms with van der Waals surface area (Å²) in [5.41, 5.74) is 2.11. The van der Waals surface area contributed by atoms with Crippen LogP contribution in [-0.2, 0) is 0 Å². The number of aliphatic imine (C=N–C) groups is 1. The van der Waals surface area contributed by atoms with Crippen molar-refractivity contribution in [3.8, 4) is 0 Å². The fourth-order valence-corrected chi connectivity index (χ4v) is 3.69. The third-order valence-corrected chi connectivity index (χ3v) is 4.92. The second-order valence-electron chi connectivity index (χ2n) is 4.38. The molecule has 1 aromatic heterocycles. The largest absolute Gasteiger partial charge is 0.506 e. The number of rotatable bonds is 2. The van der Waals surface area contributed by atoms with Crippen LogP contribution < -0.4 is 0 Å². The molecule has 0 saturated carbocycles. The summed E-state index contributed by atoms with van der Waals surface area (Å²) in [5.74, 6) is -0.432. The molecule has 3 rings (SSSR count). The minimum absolute atomic E-state index is 0.169. The Morgan fingerprint density at radius 3 is 2.95 bits per heavy atom. The molecule has 0 unspecified atom stereocenters. The van der Waals surface area contributed by atoms with Crippen LogP contribution in [0.1, 0.15) is 23.0 Å². The number of halogens is 2. The van der Waals surface area contributed by atoms with Crippen LogP contribution in [0.15, 0.2) is 48.5 Å². The second-order valence-corrected chi connectivity index (χ2v) is 7.30. The van der Waals surface area contributed by atoms with Gasteiger partial charge in [0.2, 0.25) is 5.78 Å². The summed E-state index contributed by atoms with van der Waals surface area (Å²) in [6.07, 6.45) is 3.36. The zero-order chi connectivity index (χ0) is 14.4. The van der Waals surface area contributed by atoms with Crippen molar-refractivity contribution >= 4 is 50.4 Å². The van der Waals surface area contributed by atoms with Crippen molar-refractivity contribution in [3.05, 3.63) is 54.5 Å². The molecule has 1 aliphatic heterocycles. The molecule has 2 aliphatic rings. The van der Waals surface area contributed by atoms with E-state index in [2.05, 4.69) is 27.0 Å². The normalized spacial score (nSPS) is 18.1. The number of carbonyl (C=O) groups is 1. The second kappa shape index (κ2) is 4.98. The highest BCUT2D eigenvalue weighted by Crippen LogP contribution is 2.36. The van der Waals surface area contributed by atoms with Gasteiger partial charge in [-0.2, -0.15) is 0 Å². The number of ketones is 1. The van der Waals surface area contributed by atoms with Gasteiger partial charge in [0.1, 0.15) is 5.76 Å². The SMILES string of the molecule is CC1=[C]C2=C(C(=O)c3ccc(Br)s3)C(O)=C(Cl)CC2=N1. The molecule has 2 heterocycles. The number of thiophene rings is 1. The summed E-state index contributed by atoms with van der Waals surface area (Å²) in [5, 5.41) is 10.4. The first kappa shape index (κ1) is 13.8. The molecule has 0 aromatic carbocycles. The predicted octanol–water partition coefficient (Wildman–Crippen LogP) is 4.56. The van der Waals surface area contributed by atoms with E-state index in [-0.39, 0.29) is 22.1 Å². The van der Waals surface area contributed by atoms with Crippen LogP contribution in [0.5, 0.6) is 0 Å².